The van der Waals surface area contributed by atoms with Crippen LogP contribution in [0.5, 0.6) is 0 Å². The van der Waals surface area contributed by atoms with Gasteiger partial charge in [0.1, 0.15) is 0 Å². The van der Waals surface area contributed by atoms with E-state index < -0.39 is 0 Å². The van der Waals surface area contributed by atoms with Crippen LogP contribution in [-0.4, -0.2) is 18.6 Å². The van der Waals surface area contributed by atoms with Gasteiger partial charge < -0.3 is 11.1 Å². The first-order valence-electron chi connectivity index (χ1n) is 7.17. The molecule has 2 nitrogen and oxygen atoms in total. The molecule has 3 N–H and O–H groups in total. The Bertz CT molecular complexity index is 189. The van der Waals surface area contributed by atoms with E-state index in [0.29, 0.717) is 0 Å². The van der Waals surface area contributed by atoms with Crippen LogP contribution in [-0.2, 0) is 0 Å². The third kappa shape index (κ3) is 2.98. The molecule has 2 heteroatoms. The highest BCUT2D eigenvalue weighted by Crippen LogP contribution is 2.37. The number of rotatable bonds is 7. The van der Waals surface area contributed by atoms with Gasteiger partial charge in [-0.1, -0.05) is 46.5 Å². The van der Waals surface area contributed by atoms with Crippen molar-refractivity contribution in [1.82, 2.24) is 5.32 Å². The first-order valence-corrected chi connectivity index (χ1v) is 7.17. The number of hydrogen-bond acceptors (Lipinski definition) is 2. The van der Waals surface area contributed by atoms with Gasteiger partial charge in [0.2, 0.25) is 0 Å². The molecule has 2 unspecified atom stereocenters. The highest BCUT2D eigenvalue weighted by molar-refractivity contribution is 4.99. The molecule has 1 saturated carbocycles. The van der Waals surface area contributed by atoms with Gasteiger partial charge in [0.15, 0.2) is 0 Å². The molecule has 0 radical (unpaired) electrons. The minimum atomic E-state index is 0.261. The summed E-state index contributed by atoms with van der Waals surface area (Å²) in [6, 6.07) is 0. The van der Waals surface area contributed by atoms with Gasteiger partial charge in [0.25, 0.3) is 0 Å². The molecular weight excluding hydrogens is 196 g/mol. The Hall–Kier alpha value is -0.0800. The van der Waals surface area contributed by atoms with E-state index in [2.05, 4.69) is 26.1 Å². The summed E-state index contributed by atoms with van der Waals surface area (Å²) in [5.74, 6) is 1.62. The van der Waals surface area contributed by atoms with E-state index in [9.17, 15) is 0 Å². The van der Waals surface area contributed by atoms with Crippen molar-refractivity contribution in [2.24, 2.45) is 17.6 Å². The molecule has 1 aliphatic carbocycles. The molecule has 0 aromatic carbocycles. The molecule has 0 spiro atoms. The third-order valence-corrected chi connectivity index (χ3v) is 4.71. The van der Waals surface area contributed by atoms with Gasteiger partial charge in [0.05, 0.1) is 0 Å². The monoisotopic (exact) mass is 226 g/mol. The first kappa shape index (κ1) is 14.0. The minimum absolute atomic E-state index is 0.261. The molecule has 96 valence electrons. The second kappa shape index (κ2) is 6.61. The van der Waals surface area contributed by atoms with E-state index in [1.807, 2.05) is 0 Å². The van der Waals surface area contributed by atoms with Gasteiger partial charge in [-0.05, 0) is 31.2 Å². The van der Waals surface area contributed by atoms with E-state index in [0.717, 1.165) is 24.9 Å². The summed E-state index contributed by atoms with van der Waals surface area (Å²) in [5.41, 5.74) is 6.30. The Morgan fingerprint density at radius 3 is 2.50 bits per heavy atom. The average molecular weight is 226 g/mol. The zero-order chi connectivity index (χ0) is 12.0. The molecule has 16 heavy (non-hydrogen) atoms. The van der Waals surface area contributed by atoms with Crippen LogP contribution in [0.1, 0.15) is 59.3 Å². The van der Waals surface area contributed by atoms with Crippen molar-refractivity contribution in [2.45, 2.75) is 64.8 Å². The zero-order valence-electron chi connectivity index (χ0n) is 11.4. The van der Waals surface area contributed by atoms with Gasteiger partial charge >= 0.3 is 0 Å². The van der Waals surface area contributed by atoms with Crippen LogP contribution >= 0.6 is 0 Å². The largest absolute Gasteiger partial charge is 0.329 e. The zero-order valence-corrected chi connectivity index (χ0v) is 11.4. The summed E-state index contributed by atoms with van der Waals surface area (Å²) in [4.78, 5) is 0. The van der Waals surface area contributed by atoms with Crippen molar-refractivity contribution in [2.75, 3.05) is 13.1 Å². The summed E-state index contributed by atoms with van der Waals surface area (Å²) in [5, 5.41) is 3.82. The highest BCUT2D eigenvalue weighted by atomic mass is 15.0. The fourth-order valence-corrected chi connectivity index (χ4v) is 3.24. The van der Waals surface area contributed by atoms with Gasteiger partial charge in [-0.25, -0.2) is 0 Å². The second-order valence-electron chi connectivity index (χ2n) is 5.42. The molecule has 0 amide bonds. The topological polar surface area (TPSA) is 38.0 Å². The van der Waals surface area contributed by atoms with Gasteiger partial charge in [0, 0.05) is 12.1 Å². The molecule has 0 saturated heterocycles. The summed E-state index contributed by atoms with van der Waals surface area (Å²) in [6.45, 7) is 8.85. The summed E-state index contributed by atoms with van der Waals surface area (Å²) in [7, 11) is 0. The smallest absolute Gasteiger partial charge is 0.0332 e. The van der Waals surface area contributed by atoms with E-state index in [4.69, 9.17) is 5.73 Å². The Kier molecular flexibility index (Phi) is 5.77. The van der Waals surface area contributed by atoms with Crippen LogP contribution in [0.4, 0.5) is 0 Å². The van der Waals surface area contributed by atoms with Crippen molar-refractivity contribution in [3.63, 3.8) is 0 Å². The summed E-state index contributed by atoms with van der Waals surface area (Å²) >= 11 is 0. The highest BCUT2D eigenvalue weighted by Gasteiger charge is 2.40. The van der Waals surface area contributed by atoms with E-state index in [1.54, 1.807) is 0 Å². The normalized spacial score (nSPS) is 30.2. The van der Waals surface area contributed by atoms with E-state index in [-0.39, 0.29) is 5.54 Å². The lowest BCUT2D eigenvalue weighted by atomic mass is 9.84. The van der Waals surface area contributed by atoms with E-state index >= 15 is 0 Å². The fraction of sp³-hybridized carbons (Fsp3) is 1.00. The van der Waals surface area contributed by atoms with E-state index in [1.165, 1.54) is 38.5 Å². The van der Waals surface area contributed by atoms with Crippen LogP contribution in [0, 0.1) is 11.8 Å². The molecule has 1 fully saturated rings. The molecule has 0 aliphatic heterocycles. The Morgan fingerprint density at radius 2 is 2.00 bits per heavy atom. The molecule has 1 aliphatic rings. The maximum atomic E-state index is 6.04. The van der Waals surface area contributed by atoms with Crippen molar-refractivity contribution in [3.8, 4) is 0 Å². The molecule has 1 rings (SSSR count). The van der Waals surface area contributed by atoms with Crippen molar-refractivity contribution in [1.29, 1.82) is 0 Å². The molecule has 0 bridgehead atoms. The lowest BCUT2D eigenvalue weighted by Crippen LogP contribution is -2.55. The predicted octanol–water partition coefficient (Wildman–Crippen LogP) is 2.92. The molecule has 0 aromatic rings. The predicted molar refractivity (Wildman–Crippen MR) is 71.5 cm³/mol. The Balaban J connectivity index is 2.52. The maximum Gasteiger partial charge on any atom is 0.0332 e. The van der Waals surface area contributed by atoms with Crippen molar-refractivity contribution in [3.05, 3.63) is 0 Å². The standard InChI is InChI=1S/C14H30N2/c1-4-12(5-2)10-16-14(11-15)9-7-8-13(14)6-3/h12-13,16H,4-11,15H2,1-3H3. The van der Waals surface area contributed by atoms with Crippen molar-refractivity contribution < 1.29 is 0 Å². The minimum Gasteiger partial charge on any atom is -0.329 e. The molecule has 2 atom stereocenters. The van der Waals surface area contributed by atoms with Gasteiger partial charge in [-0.2, -0.15) is 0 Å². The molecule has 0 heterocycles. The second-order valence-corrected chi connectivity index (χ2v) is 5.42. The van der Waals surface area contributed by atoms with Crippen LogP contribution in [0.25, 0.3) is 0 Å². The van der Waals surface area contributed by atoms with Gasteiger partial charge in [-0.15, -0.1) is 0 Å². The fourth-order valence-electron chi connectivity index (χ4n) is 3.24. The number of hydrogen-bond donors (Lipinski definition) is 2. The number of nitrogens with two attached hydrogens (primary N) is 1. The van der Waals surface area contributed by atoms with Crippen molar-refractivity contribution >= 4 is 0 Å². The maximum absolute atomic E-state index is 6.04. The average Bonchev–Trinajstić information content (AvgIpc) is 2.74. The molecular formula is C14H30N2. The lowest BCUT2D eigenvalue weighted by molar-refractivity contribution is 0.228. The first-order chi connectivity index (χ1) is 7.72. The Labute approximate surface area is 101 Å². The Morgan fingerprint density at radius 1 is 1.31 bits per heavy atom. The summed E-state index contributed by atoms with van der Waals surface area (Å²) in [6.07, 6.45) is 7.83. The number of nitrogens with one attached hydrogen (secondary N) is 1. The van der Waals surface area contributed by atoms with Crippen LogP contribution in [0.2, 0.25) is 0 Å². The third-order valence-electron chi connectivity index (χ3n) is 4.71. The van der Waals surface area contributed by atoms with Gasteiger partial charge in [-0.3, -0.25) is 0 Å². The summed E-state index contributed by atoms with van der Waals surface area (Å²) < 4.78 is 0. The van der Waals surface area contributed by atoms with Crippen LogP contribution < -0.4 is 11.1 Å². The lowest BCUT2D eigenvalue weighted by Gasteiger charge is -2.36. The quantitative estimate of drug-likeness (QED) is 0.700. The van der Waals surface area contributed by atoms with Crippen LogP contribution in [0.15, 0.2) is 0 Å². The van der Waals surface area contributed by atoms with Crippen LogP contribution in [0.3, 0.4) is 0 Å². The SMILES string of the molecule is CCC(CC)CNC1(CN)CCCC1CC. The molecule has 0 aromatic heterocycles.